The Kier molecular flexibility index (Phi) is 3.56. The average Bonchev–Trinajstić information content (AvgIpc) is 3.11. The van der Waals surface area contributed by atoms with Gasteiger partial charge in [-0.3, -0.25) is 9.99 Å². The molecule has 0 radical (unpaired) electrons. The van der Waals surface area contributed by atoms with E-state index in [1.54, 1.807) is 30.6 Å². The topological polar surface area (TPSA) is 42.2 Å². The molecule has 2 aromatic heterocycles. The molecule has 1 N–H and O–H groups in total. The van der Waals surface area contributed by atoms with Crippen molar-refractivity contribution < 1.29 is 4.39 Å². The van der Waals surface area contributed by atoms with E-state index in [9.17, 15) is 4.39 Å². The molecule has 100 valence electrons. The van der Waals surface area contributed by atoms with Crippen molar-refractivity contribution in [3.8, 4) is 5.13 Å². The second-order valence-corrected chi connectivity index (χ2v) is 4.84. The molecule has 0 spiro atoms. The van der Waals surface area contributed by atoms with E-state index in [0.717, 1.165) is 10.8 Å². The molecule has 20 heavy (non-hydrogen) atoms. The zero-order valence-electron chi connectivity index (χ0n) is 10.4. The van der Waals surface area contributed by atoms with Crippen molar-refractivity contribution in [3.63, 3.8) is 0 Å². The number of nitrogens with one attached hydrogen (secondary N) is 1. The van der Waals surface area contributed by atoms with Gasteiger partial charge in [-0.1, -0.05) is 12.1 Å². The van der Waals surface area contributed by atoms with Gasteiger partial charge in [-0.25, -0.2) is 9.37 Å². The Morgan fingerprint density at radius 3 is 2.95 bits per heavy atom. The van der Waals surface area contributed by atoms with Crippen LogP contribution in [0.15, 0.2) is 59.3 Å². The summed E-state index contributed by atoms with van der Waals surface area (Å²) in [5, 5.41) is 6.83. The van der Waals surface area contributed by atoms with Gasteiger partial charge in [0, 0.05) is 17.8 Å². The number of para-hydroxylation sites is 1. The lowest BCUT2D eigenvalue weighted by molar-refractivity contribution is 0.631. The number of rotatable bonds is 4. The van der Waals surface area contributed by atoms with Crippen LogP contribution in [-0.2, 0) is 0 Å². The molecule has 2 heterocycles. The summed E-state index contributed by atoms with van der Waals surface area (Å²) in [6.45, 7) is 0. The molecule has 0 atom stereocenters. The van der Waals surface area contributed by atoms with Gasteiger partial charge in [-0.15, -0.1) is 11.3 Å². The number of nitrogens with zero attached hydrogens (tertiary/aromatic N) is 3. The Bertz CT molecular complexity index is 718. The standard InChI is InChI=1S/C14H11FN4S/c15-12-5-1-2-6-13(12)18-17-10-11-4-3-8-19(11)14-16-7-9-20-14/h1-10,18H/b17-10+. The molecular weight excluding hydrogens is 275 g/mol. The van der Waals surface area contributed by atoms with Gasteiger partial charge in [0.15, 0.2) is 5.13 Å². The summed E-state index contributed by atoms with van der Waals surface area (Å²) in [5.41, 5.74) is 3.90. The van der Waals surface area contributed by atoms with Crippen LogP contribution in [0.4, 0.5) is 10.1 Å². The van der Waals surface area contributed by atoms with Gasteiger partial charge in [0.25, 0.3) is 0 Å². The normalized spacial score (nSPS) is 11.1. The predicted molar refractivity (Wildman–Crippen MR) is 79.1 cm³/mol. The summed E-state index contributed by atoms with van der Waals surface area (Å²) >= 11 is 1.54. The van der Waals surface area contributed by atoms with E-state index in [2.05, 4.69) is 15.5 Å². The van der Waals surface area contributed by atoms with Gasteiger partial charge in [-0.2, -0.15) is 5.10 Å². The third-order valence-corrected chi connectivity index (χ3v) is 3.43. The van der Waals surface area contributed by atoms with E-state index in [-0.39, 0.29) is 5.82 Å². The maximum Gasteiger partial charge on any atom is 0.193 e. The third-order valence-electron chi connectivity index (χ3n) is 2.66. The van der Waals surface area contributed by atoms with Crippen molar-refractivity contribution >= 4 is 23.2 Å². The highest BCUT2D eigenvalue weighted by molar-refractivity contribution is 7.12. The molecule has 0 amide bonds. The Morgan fingerprint density at radius 2 is 2.15 bits per heavy atom. The Morgan fingerprint density at radius 1 is 1.25 bits per heavy atom. The summed E-state index contributed by atoms with van der Waals surface area (Å²) in [7, 11) is 0. The van der Waals surface area contributed by atoms with E-state index < -0.39 is 0 Å². The van der Waals surface area contributed by atoms with E-state index in [0.29, 0.717) is 5.69 Å². The molecule has 0 aliphatic carbocycles. The first-order valence-corrected chi connectivity index (χ1v) is 6.83. The molecule has 0 bridgehead atoms. The zero-order valence-corrected chi connectivity index (χ0v) is 11.2. The lowest BCUT2D eigenvalue weighted by atomic mass is 10.3. The average molecular weight is 286 g/mol. The minimum atomic E-state index is -0.333. The van der Waals surface area contributed by atoms with Gasteiger partial charge in [0.2, 0.25) is 0 Å². The Balaban J connectivity index is 1.77. The van der Waals surface area contributed by atoms with Crippen molar-refractivity contribution in [1.29, 1.82) is 0 Å². The summed E-state index contributed by atoms with van der Waals surface area (Å²) in [4.78, 5) is 4.24. The van der Waals surface area contributed by atoms with E-state index in [1.165, 1.54) is 17.4 Å². The van der Waals surface area contributed by atoms with E-state index >= 15 is 0 Å². The Hall–Kier alpha value is -2.47. The molecule has 0 aliphatic heterocycles. The second kappa shape index (κ2) is 5.66. The fraction of sp³-hybridized carbons (Fsp3) is 0. The third kappa shape index (κ3) is 2.60. The van der Waals surface area contributed by atoms with Crippen LogP contribution in [0.1, 0.15) is 5.69 Å². The highest BCUT2D eigenvalue weighted by atomic mass is 32.1. The van der Waals surface area contributed by atoms with E-state index in [4.69, 9.17) is 0 Å². The number of hydrogen-bond donors (Lipinski definition) is 1. The molecule has 0 saturated carbocycles. The first-order chi connectivity index (χ1) is 9.84. The zero-order chi connectivity index (χ0) is 13.8. The lowest BCUT2D eigenvalue weighted by Crippen LogP contribution is -1.99. The molecule has 0 fully saturated rings. The molecule has 3 aromatic rings. The summed E-state index contributed by atoms with van der Waals surface area (Å²) in [5.74, 6) is -0.333. The molecule has 6 heteroatoms. The number of aromatic nitrogens is 2. The van der Waals surface area contributed by atoms with Crippen LogP contribution >= 0.6 is 11.3 Å². The molecule has 0 unspecified atom stereocenters. The predicted octanol–water partition coefficient (Wildman–Crippen LogP) is 3.52. The number of benzene rings is 1. The number of anilines is 1. The van der Waals surface area contributed by atoms with Crippen molar-refractivity contribution in [2.45, 2.75) is 0 Å². The van der Waals surface area contributed by atoms with Gasteiger partial charge in [0.1, 0.15) is 5.82 Å². The molecule has 0 saturated heterocycles. The Labute approximate surface area is 119 Å². The van der Waals surface area contributed by atoms with Gasteiger partial charge in [-0.05, 0) is 24.3 Å². The summed E-state index contributed by atoms with van der Waals surface area (Å²) in [6.07, 6.45) is 5.29. The highest BCUT2D eigenvalue weighted by Gasteiger charge is 2.03. The fourth-order valence-electron chi connectivity index (χ4n) is 1.73. The summed E-state index contributed by atoms with van der Waals surface area (Å²) < 4.78 is 15.3. The first-order valence-electron chi connectivity index (χ1n) is 5.95. The van der Waals surface area contributed by atoms with Crippen molar-refractivity contribution in [2.75, 3.05) is 5.43 Å². The molecule has 3 rings (SSSR count). The molecular formula is C14H11FN4S. The van der Waals surface area contributed by atoms with Crippen LogP contribution in [0.25, 0.3) is 5.13 Å². The molecule has 1 aromatic carbocycles. The van der Waals surface area contributed by atoms with Crippen LogP contribution in [0.5, 0.6) is 0 Å². The number of halogens is 1. The highest BCUT2D eigenvalue weighted by Crippen LogP contribution is 2.15. The minimum Gasteiger partial charge on any atom is -0.292 e. The van der Waals surface area contributed by atoms with Crippen LogP contribution in [0.2, 0.25) is 0 Å². The maximum absolute atomic E-state index is 13.4. The lowest BCUT2D eigenvalue weighted by Gasteiger charge is -2.02. The van der Waals surface area contributed by atoms with Gasteiger partial charge in [0.05, 0.1) is 17.6 Å². The second-order valence-electron chi connectivity index (χ2n) is 3.97. The van der Waals surface area contributed by atoms with Crippen LogP contribution in [-0.4, -0.2) is 15.8 Å². The number of thiazole rings is 1. The van der Waals surface area contributed by atoms with Gasteiger partial charge >= 0.3 is 0 Å². The number of hydrogen-bond acceptors (Lipinski definition) is 4. The first kappa shape index (κ1) is 12.6. The SMILES string of the molecule is Fc1ccccc1N/N=C/c1cccn1-c1nccs1. The van der Waals surface area contributed by atoms with Crippen LogP contribution < -0.4 is 5.43 Å². The van der Waals surface area contributed by atoms with Gasteiger partial charge < -0.3 is 0 Å². The van der Waals surface area contributed by atoms with Crippen molar-refractivity contribution in [2.24, 2.45) is 5.10 Å². The maximum atomic E-state index is 13.4. The monoisotopic (exact) mass is 286 g/mol. The van der Waals surface area contributed by atoms with Crippen LogP contribution in [0.3, 0.4) is 0 Å². The smallest absolute Gasteiger partial charge is 0.193 e. The van der Waals surface area contributed by atoms with E-state index in [1.807, 2.05) is 28.3 Å². The molecule has 0 aliphatic rings. The fourth-order valence-corrected chi connectivity index (χ4v) is 2.37. The largest absolute Gasteiger partial charge is 0.292 e. The van der Waals surface area contributed by atoms with Crippen molar-refractivity contribution in [3.05, 3.63) is 65.7 Å². The molecule has 4 nitrogen and oxygen atoms in total. The minimum absolute atomic E-state index is 0.333. The quantitative estimate of drug-likeness (QED) is 0.589. The van der Waals surface area contributed by atoms with Crippen molar-refractivity contribution in [1.82, 2.24) is 9.55 Å². The van der Waals surface area contributed by atoms with Crippen LogP contribution in [0, 0.1) is 5.82 Å². The number of hydrazone groups is 1. The summed E-state index contributed by atoms with van der Waals surface area (Å²) in [6, 6.07) is 10.2.